The highest BCUT2D eigenvalue weighted by molar-refractivity contribution is 7.89. The fourth-order valence-electron chi connectivity index (χ4n) is 2.06. The van der Waals surface area contributed by atoms with E-state index in [2.05, 4.69) is 15.7 Å². The molecule has 0 spiro atoms. The lowest BCUT2D eigenvalue weighted by Crippen LogP contribution is -2.45. The molecule has 1 N–H and O–H groups in total. The van der Waals surface area contributed by atoms with Crippen molar-refractivity contribution in [2.45, 2.75) is 38.6 Å². The molecule has 0 aromatic heterocycles. The summed E-state index contributed by atoms with van der Waals surface area (Å²) in [5.74, 6) is 0.210. The van der Waals surface area contributed by atoms with E-state index < -0.39 is 10.0 Å². The predicted octanol–water partition coefficient (Wildman–Crippen LogP) is 0.694. The smallest absolute Gasteiger partial charge is 0.211 e. The lowest BCUT2D eigenvalue weighted by atomic mass is 10.1. The van der Waals surface area contributed by atoms with Gasteiger partial charge >= 0.3 is 0 Å². The Kier molecular flexibility index (Phi) is 5.89. The summed E-state index contributed by atoms with van der Waals surface area (Å²) in [5.41, 5.74) is 0. The van der Waals surface area contributed by atoms with Crippen molar-refractivity contribution in [1.82, 2.24) is 9.62 Å². The zero-order chi connectivity index (χ0) is 12.7. The molecule has 5 nitrogen and oxygen atoms in total. The van der Waals surface area contributed by atoms with Gasteiger partial charge in [-0.1, -0.05) is 6.92 Å². The van der Waals surface area contributed by atoms with Gasteiger partial charge in [0.05, 0.1) is 11.8 Å². The summed E-state index contributed by atoms with van der Waals surface area (Å²) < 4.78 is 25.9. The number of nitrogens with one attached hydrogen (secondary N) is 1. The molecular formula is C11H21N3O2S. The van der Waals surface area contributed by atoms with E-state index in [0.29, 0.717) is 12.8 Å². The van der Waals surface area contributed by atoms with Crippen molar-refractivity contribution in [2.24, 2.45) is 0 Å². The van der Waals surface area contributed by atoms with Crippen LogP contribution in [0.25, 0.3) is 0 Å². The summed E-state index contributed by atoms with van der Waals surface area (Å²) >= 11 is 0. The van der Waals surface area contributed by atoms with Crippen molar-refractivity contribution in [3.8, 4) is 6.07 Å². The van der Waals surface area contributed by atoms with Crippen LogP contribution >= 0.6 is 0 Å². The van der Waals surface area contributed by atoms with E-state index >= 15 is 0 Å². The topological polar surface area (TPSA) is 73.2 Å². The van der Waals surface area contributed by atoms with Crippen LogP contribution in [0.15, 0.2) is 0 Å². The van der Waals surface area contributed by atoms with Crippen molar-refractivity contribution in [1.29, 1.82) is 5.26 Å². The number of nitriles is 1. The van der Waals surface area contributed by atoms with E-state index in [1.54, 1.807) is 0 Å². The molecule has 0 aromatic carbocycles. The maximum absolute atomic E-state index is 11.6. The van der Waals surface area contributed by atoms with E-state index in [-0.39, 0.29) is 11.8 Å². The maximum Gasteiger partial charge on any atom is 0.211 e. The molecule has 0 aromatic rings. The minimum Gasteiger partial charge on any atom is -0.302 e. The van der Waals surface area contributed by atoms with Crippen LogP contribution in [-0.4, -0.2) is 44.7 Å². The van der Waals surface area contributed by atoms with Crippen molar-refractivity contribution >= 4 is 10.0 Å². The van der Waals surface area contributed by atoms with Crippen LogP contribution in [0, 0.1) is 11.3 Å². The highest BCUT2D eigenvalue weighted by Gasteiger charge is 2.22. The Balaban J connectivity index is 2.30. The summed E-state index contributed by atoms with van der Waals surface area (Å²) in [6.45, 7) is 4.41. The number of rotatable bonds is 6. The summed E-state index contributed by atoms with van der Waals surface area (Å²) in [6.07, 6.45) is 2.88. The first kappa shape index (κ1) is 14.4. The van der Waals surface area contributed by atoms with Gasteiger partial charge in [0.1, 0.15) is 0 Å². The van der Waals surface area contributed by atoms with Crippen molar-refractivity contribution < 1.29 is 8.42 Å². The molecule has 0 amide bonds. The zero-order valence-corrected chi connectivity index (χ0v) is 11.2. The number of likely N-dealkylation sites (tertiary alicyclic amines) is 1. The third kappa shape index (κ3) is 5.48. The van der Waals surface area contributed by atoms with Gasteiger partial charge in [0.15, 0.2) is 0 Å². The quantitative estimate of drug-likeness (QED) is 0.762. The molecule has 0 aliphatic carbocycles. The minimum atomic E-state index is -3.09. The van der Waals surface area contributed by atoms with Crippen LogP contribution in [0.2, 0.25) is 0 Å². The molecular weight excluding hydrogens is 238 g/mol. The first-order valence-electron chi connectivity index (χ1n) is 6.16. The van der Waals surface area contributed by atoms with Gasteiger partial charge < -0.3 is 4.90 Å². The summed E-state index contributed by atoms with van der Waals surface area (Å²) in [7, 11) is -3.09. The molecule has 1 fully saturated rings. The van der Waals surface area contributed by atoms with Crippen LogP contribution in [0.1, 0.15) is 32.6 Å². The molecule has 6 heteroatoms. The number of hydrogen-bond acceptors (Lipinski definition) is 4. The molecule has 17 heavy (non-hydrogen) atoms. The van der Waals surface area contributed by atoms with E-state index in [0.717, 1.165) is 32.5 Å². The van der Waals surface area contributed by atoms with Crippen LogP contribution in [0.5, 0.6) is 0 Å². The molecule has 1 saturated heterocycles. The Morgan fingerprint density at radius 2 is 2.06 bits per heavy atom. The Hall–Kier alpha value is -0.640. The standard InChI is InChI=1S/C11H21N3O2S/c1-2-10-17(15,16)13-11-4-8-14(9-5-11)7-3-6-12/h11,13H,2-5,7-10H2,1H3. The molecule has 0 bridgehead atoms. The summed E-state index contributed by atoms with van der Waals surface area (Å²) in [5, 5.41) is 8.49. The number of sulfonamides is 1. The third-order valence-electron chi connectivity index (χ3n) is 2.95. The van der Waals surface area contributed by atoms with Crippen LogP contribution in [0.3, 0.4) is 0 Å². The number of piperidine rings is 1. The van der Waals surface area contributed by atoms with Crippen LogP contribution in [0.4, 0.5) is 0 Å². The van der Waals surface area contributed by atoms with Crippen LogP contribution < -0.4 is 4.72 Å². The predicted molar refractivity (Wildman–Crippen MR) is 66.9 cm³/mol. The van der Waals surface area contributed by atoms with Gasteiger partial charge in [-0.05, 0) is 32.4 Å². The van der Waals surface area contributed by atoms with E-state index in [9.17, 15) is 8.42 Å². The molecule has 0 unspecified atom stereocenters. The molecule has 1 aliphatic heterocycles. The second-order valence-electron chi connectivity index (χ2n) is 4.46. The van der Waals surface area contributed by atoms with E-state index in [1.807, 2.05) is 6.92 Å². The SMILES string of the molecule is CCCS(=O)(=O)NC1CCN(CCC#N)CC1. The fraction of sp³-hybridized carbons (Fsp3) is 0.909. The van der Waals surface area contributed by atoms with Crippen molar-refractivity contribution in [3.63, 3.8) is 0 Å². The molecule has 1 heterocycles. The van der Waals surface area contributed by atoms with Gasteiger partial charge in [-0.25, -0.2) is 13.1 Å². The number of nitrogens with zero attached hydrogens (tertiary/aromatic N) is 2. The molecule has 0 radical (unpaired) electrons. The lowest BCUT2D eigenvalue weighted by Gasteiger charge is -2.31. The Morgan fingerprint density at radius 3 is 2.59 bits per heavy atom. The van der Waals surface area contributed by atoms with Gasteiger partial charge in [-0.2, -0.15) is 5.26 Å². The minimum absolute atomic E-state index is 0.0740. The van der Waals surface area contributed by atoms with Gasteiger partial charge in [-0.3, -0.25) is 0 Å². The Bertz CT molecular complexity index is 353. The van der Waals surface area contributed by atoms with Gasteiger partial charge in [0.2, 0.25) is 10.0 Å². The van der Waals surface area contributed by atoms with Gasteiger partial charge in [-0.15, -0.1) is 0 Å². The lowest BCUT2D eigenvalue weighted by molar-refractivity contribution is 0.211. The molecule has 1 aliphatic rings. The highest BCUT2D eigenvalue weighted by Crippen LogP contribution is 2.11. The molecule has 0 atom stereocenters. The summed E-state index contributed by atoms with van der Waals surface area (Å²) in [6, 6.07) is 2.20. The highest BCUT2D eigenvalue weighted by atomic mass is 32.2. The van der Waals surface area contributed by atoms with Crippen LogP contribution in [-0.2, 0) is 10.0 Å². The third-order valence-corrected chi connectivity index (χ3v) is 4.58. The largest absolute Gasteiger partial charge is 0.302 e. The average molecular weight is 259 g/mol. The second-order valence-corrected chi connectivity index (χ2v) is 6.33. The fourth-order valence-corrected chi connectivity index (χ4v) is 3.46. The first-order chi connectivity index (χ1) is 8.07. The summed E-state index contributed by atoms with van der Waals surface area (Å²) in [4.78, 5) is 2.22. The average Bonchev–Trinajstić information content (AvgIpc) is 2.27. The van der Waals surface area contributed by atoms with Crippen molar-refractivity contribution in [3.05, 3.63) is 0 Å². The monoisotopic (exact) mass is 259 g/mol. The molecule has 98 valence electrons. The normalized spacial score (nSPS) is 19.1. The maximum atomic E-state index is 11.6. The Labute approximate surface area is 104 Å². The van der Waals surface area contributed by atoms with E-state index in [1.165, 1.54) is 0 Å². The zero-order valence-electron chi connectivity index (χ0n) is 10.4. The van der Waals surface area contributed by atoms with E-state index in [4.69, 9.17) is 5.26 Å². The second kappa shape index (κ2) is 6.94. The Morgan fingerprint density at radius 1 is 1.41 bits per heavy atom. The number of hydrogen-bond donors (Lipinski definition) is 1. The molecule has 1 rings (SSSR count). The van der Waals surface area contributed by atoms with Crippen molar-refractivity contribution in [2.75, 3.05) is 25.4 Å². The van der Waals surface area contributed by atoms with Gasteiger partial charge in [0, 0.05) is 19.0 Å². The first-order valence-corrected chi connectivity index (χ1v) is 7.82. The molecule has 0 saturated carbocycles. The van der Waals surface area contributed by atoms with Gasteiger partial charge in [0.25, 0.3) is 0 Å².